The first-order valence-electron chi connectivity index (χ1n) is 7.89. The van der Waals surface area contributed by atoms with Crippen LogP contribution in [-0.4, -0.2) is 44.6 Å². The number of aromatic nitrogens is 1. The molecule has 0 aliphatic heterocycles. The third-order valence-electron chi connectivity index (χ3n) is 3.57. The number of thiophene rings is 1. The van der Waals surface area contributed by atoms with Crippen LogP contribution >= 0.6 is 22.7 Å². The number of thiazole rings is 1. The first-order chi connectivity index (χ1) is 12.8. The SMILES string of the molecule is CS(=O)(=O)NCCc1ccc(C(=O)COC(=O)c2ccc3ncsc3c2)s1. The van der Waals surface area contributed by atoms with E-state index >= 15 is 0 Å². The van der Waals surface area contributed by atoms with E-state index in [0.717, 1.165) is 21.3 Å². The number of fused-ring (bicyclic) bond motifs is 1. The summed E-state index contributed by atoms with van der Waals surface area (Å²) in [6.07, 6.45) is 1.58. The molecule has 0 spiro atoms. The monoisotopic (exact) mass is 424 g/mol. The van der Waals surface area contributed by atoms with Crippen LogP contribution in [0.1, 0.15) is 24.9 Å². The van der Waals surface area contributed by atoms with Gasteiger partial charge in [0.2, 0.25) is 15.8 Å². The van der Waals surface area contributed by atoms with Crippen molar-refractivity contribution in [1.29, 1.82) is 0 Å². The minimum Gasteiger partial charge on any atom is -0.454 e. The lowest BCUT2D eigenvalue weighted by Crippen LogP contribution is -2.24. The molecule has 2 heterocycles. The molecular formula is C17H16N2O5S3. The average molecular weight is 425 g/mol. The first-order valence-corrected chi connectivity index (χ1v) is 11.5. The minimum absolute atomic E-state index is 0.266. The van der Waals surface area contributed by atoms with Crippen LogP contribution in [0.2, 0.25) is 0 Å². The van der Waals surface area contributed by atoms with Crippen LogP contribution in [0.3, 0.4) is 0 Å². The standard InChI is InChI=1S/C17H16N2O5S3/c1-27(22,23)19-7-6-12-3-5-15(26-12)14(20)9-24-17(21)11-2-4-13-16(8-11)25-10-18-13/h2-5,8,10,19H,6-7,9H2,1H3. The van der Waals surface area contributed by atoms with Crippen molar-refractivity contribution < 1.29 is 22.7 Å². The molecule has 0 fully saturated rings. The van der Waals surface area contributed by atoms with E-state index in [-0.39, 0.29) is 18.9 Å². The van der Waals surface area contributed by atoms with Gasteiger partial charge in [0.15, 0.2) is 6.61 Å². The summed E-state index contributed by atoms with van der Waals surface area (Å²) in [5.41, 5.74) is 2.88. The van der Waals surface area contributed by atoms with Crippen molar-refractivity contribution in [3.63, 3.8) is 0 Å². The number of ketones is 1. The summed E-state index contributed by atoms with van der Waals surface area (Å²) in [5, 5.41) is 0. The summed E-state index contributed by atoms with van der Waals surface area (Å²) >= 11 is 2.68. The number of carbonyl (C=O) groups is 2. The highest BCUT2D eigenvalue weighted by molar-refractivity contribution is 7.88. The predicted octanol–water partition coefficient (Wildman–Crippen LogP) is 2.49. The van der Waals surface area contributed by atoms with Crippen LogP contribution in [-0.2, 0) is 21.2 Å². The Labute approximate surface area is 164 Å². The fourth-order valence-electron chi connectivity index (χ4n) is 2.29. The molecule has 1 N–H and O–H groups in total. The number of ether oxygens (including phenoxy) is 1. The van der Waals surface area contributed by atoms with Gasteiger partial charge in [-0.3, -0.25) is 4.79 Å². The third kappa shape index (κ3) is 5.42. The Morgan fingerprint density at radius 2 is 2.04 bits per heavy atom. The minimum atomic E-state index is -3.23. The van der Waals surface area contributed by atoms with Crippen molar-refractivity contribution in [1.82, 2.24) is 9.71 Å². The second kappa shape index (κ2) is 8.26. The van der Waals surface area contributed by atoms with Gasteiger partial charge in [0.25, 0.3) is 0 Å². The Kier molecular flexibility index (Phi) is 6.00. The maximum Gasteiger partial charge on any atom is 0.338 e. The number of carbonyl (C=O) groups excluding carboxylic acids is 2. The Morgan fingerprint density at radius 1 is 1.22 bits per heavy atom. The topological polar surface area (TPSA) is 102 Å². The summed E-state index contributed by atoms with van der Waals surface area (Å²) in [6, 6.07) is 8.46. The lowest BCUT2D eigenvalue weighted by Gasteiger charge is -2.03. The van der Waals surface area contributed by atoms with Crippen molar-refractivity contribution in [2.75, 3.05) is 19.4 Å². The number of nitrogens with one attached hydrogen (secondary N) is 1. The molecular weight excluding hydrogens is 408 g/mol. The van der Waals surface area contributed by atoms with Crippen LogP contribution in [0.25, 0.3) is 10.2 Å². The average Bonchev–Trinajstić information content (AvgIpc) is 3.26. The van der Waals surface area contributed by atoms with Crippen LogP contribution in [0.5, 0.6) is 0 Å². The van der Waals surface area contributed by atoms with E-state index in [1.165, 1.54) is 22.7 Å². The molecule has 2 aromatic heterocycles. The zero-order valence-corrected chi connectivity index (χ0v) is 16.7. The number of esters is 1. The summed E-state index contributed by atoms with van der Waals surface area (Å²) in [6.45, 7) is -0.0802. The largest absolute Gasteiger partial charge is 0.454 e. The van der Waals surface area contributed by atoms with Crippen LogP contribution < -0.4 is 4.72 Å². The Balaban J connectivity index is 1.53. The molecule has 0 unspecified atom stereocenters. The maximum absolute atomic E-state index is 12.2. The first kappa shape index (κ1) is 19.6. The zero-order chi connectivity index (χ0) is 19.4. The zero-order valence-electron chi connectivity index (χ0n) is 14.3. The van der Waals surface area contributed by atoms with Gasteiger partial charge in [-0.05, 0) is 36.8 Å². The van der Waals surface area contributed by atoms with Crippen molar-refractivity contribution >= 4 is 54.7 Å². The highest BCUT2D eigenvalue weighted by Gasteiger charge is 2.14. The van der Waals surface area contributed by atoms with E-state index in [1.54, 1.807) is 35.8 Å². The molecule has 3 aromatic rings. The Hall–Kier alpha value is -2.14. The molecule has 142 valence electrons. The lowest BCUT2D eigenvalue weighted by atomic mass is 10.2. The van der Waals surface area contributed by atoms with Gasteiger partial charge in [0, 0.05) is 11.4 Å². The number of rotatable bonds is 8. The van der Waals surface area contributed by atoms with Gasteiger partial charge >= 0.3 is 5.97 Å². The third-order valence-corrected chi connectivity index (χ3v) is 6.28. The Morgan fingerprint density at radius 3 is 2.81 bits per heavy atom. The van der Waals surface area contributed by atoms with Crippen molar-refractivity contribution in [2.24, 2.45) is 0 Å². The van der Waals surface area contributed by atoms with Gasteiger partial charge in [-0.1, -0.05) is 0 Å². The molecule has 0 radical (unpaired) electrons. The van der Waals surface area contributed by atoms with Crippen LogP contribution in [0.4, 0.5) is 0 Å². The maximum atomic E-state index is 12.2. The second-order valence-corrected chi connectivity index (χ2v) is 9.60. The Bertz CT molecular complexity index is 1080. The van der Waals surface area contributed by atoms with Gasteiger partial charge in [0.1, 0.15) is 0 Å². The van der Waals surface area contributed by atoms with E-state index in [9.17, 15) is 18.0 Å². The molecule has 27 heavy (non-hydrogen) atoms. The molecule has 0 amide bonds. The molecule has 0 saturated heterocycles. The second-order valence-electron chi connectivity index (χ2n) is 5.72. The number of sulfonamides is 1. The number of nitrogens with zero attached hydrogens (tertiary/aromatic N) is 1. The highest BCUT2D eigenvalue weighted by atomic mass is 32.2. The molecule has 3 rings (SSSR count). The normalized spacial score (nSPS) is 11.6. The molecule has 10 heteroatoms. The fraction of sp³-hybridized carbons (Fsp3) is 0.235. The molecule has 0 aliphatic carbocycles. The summed E-state index contributed by atoms with van der Waals surface area (Å²) < 4.78 is 30.5. The van der Waals surface area contributed by atoms with E-state index in [0.29, 0.717) is 16.9 Å². The van der Waals surface area contributed by atoms with E-state index in [4.69, 9.17) is 4.74 Å². The molecule has 0 saturated carbocycles. The predicted molar refractivity (Wildman–Crippen MR) is 105 cm³/mol. The fourth-order valence-corrected chi connectivity index (χ4v) is 4.41. The van der Waals surface area contributed by atoms with E-state index < -0.39 is 16.0 Å². The van der Waals surface area contributed by atoms with Gasteiger partial charge in [-0.15, -0.1) is 22.7 Å². The van der Waals surface area contributed by atoms with Crippen molar-refractivity contribution in [3.8, 4) is 0 Å². The molecule has 1 aromatic carbocycles. The van der Waals surface area contributed by atoms with Crippen LogP contribution in [0.15, 0.2) is 35.8 Å². The van der Waals surface area contributed by atoms with E-state index in [2.05, 4.69) is 9.71 Å². The van der Waals surface area contributed by atoms with Gasteiger partial charge in [-0.25, -0.2) is 22.9 Å². The lowest BCUT2D eigenvalue weighted by molar-refractivity contribution is 0.0476. The highest BCUT2D eigenvalue weighted by Crippen LogP contribution is 2.20. The number of hydrogen-bond acceptors (Lipinski definition) is 8. The molecule has 0 atom stereocenters. The van der Waals surface area contributed by atoms with E-state index in [1.807, 2.05) is 0 Å². The van der Waals surface area contributed by atoms with Crippen LogP contribution in [0, 0.1) is 0 Å². The molecule has 0 aliphatic rings. The summed E-state index contributed by atoms with van der Waals surface area (Å²) in [7, 11) is -3.23. The van der Waals surface area contributed by atoms with Crippen molar-refractivity contribution in [2.45, 2.75) is 6.42 Å². The van der Waals surface area contributed by atoms with Gasteiger partial charge in [-0.2, -0.15) is 0 Å². The summed E-state index contributed by atoms with van der Waals surface area (Å²) in [4.78, 5) is 29.8. The smallest absolute Gasteiger partial charge is 0.338 e. The summed E-state index contributed by atoms with van der Waals surface area (Å²) in [5.74, 6) is -0.859. The number of Topliss-reactive ketones (excluding diaryl/α,β-unsaturated/α-hetero) is 1. The van der Waals surface area contributed by atoms with Gasteiger partial charge < -0.3 is 4.74 Å². The molecule has 0 bridgehead atoms. The van der Waals surface area contributed by atoms with Gasteiger partial charge in [0.05, 0.1) is 32.4 Å². The quantitative estimate of drug-likeness (QED) is 0.440. The number of hydrogen-bond donors (Lipinski definition) is 1. The van der Waals surface area contributed by atoms with Crippen molar-refractivity contribution in [3.05, 3.63) is 51.2 Å². The molecule has 7 nitrogen and oxygen atoms in total. The number of benzene rings is 1.